The van der Waals surface area contributed by atoms with E-state index in [9.17, 15) is 24.3 Å². The van der Waals surface area contributed by atoms with Gasteiger partial charge in [-0.15, -0.1) is 23.2 Å². The number of amides is 3. The van der Waals surface area contributed by atoms with Crippen molar-refractivity contribution in [2.45, 2.75) is 114 Å². The third kappa shape index (κ3) is 6.69. The molecule has 216 valence electrons. The van der Waals surface area contributed by atoms with Crippen LogP contribution in [-0.2, 0) is 19.1 Å². The highest BCUT2D eigenvalue weighted by molar-refractivity contribution is 6.25. The molecule has 0 aromatic carbocycles. The summed E-state index contributed by atoms with van der Waals surface area (Å²) in [6.07, 6.45) is 7.00. The van der Waals surface area contributed by atoms with Crippen molar-refractivity contribution >= 4 is 47.1 Å². The van der Waals surface area contributed by atoms with E-state index in [-0.39, 0.29) is 40.7 Å². The van der Waals surface area contributed by atoms with Crippen LogP contribution in [0.15, 0.2) is 0 Å². The Morgan fingerprint density at radius 3 is 2.08 bits per heavy atom. The molecule has 3 fully saturated rings. The first-order valence-electron chi connectivity index (χ1n) is 13.8. The Morgan fingerprint density at radius 1 is 0.947 bits per heavy atom. The van der Waals surface area contributed by atoms with Crippen molar-refractivity contribution in [2.24, 2.45) is 22.7 Å². The third-order valence-electron chi connectivity index (χ3n) is 9.60. The first-order chi connectivity index (χ1) is 17.8. The minimum atomic E-state index is -1.01. The van der Waals surface area contributed by atoms with Crippen LogP contribution in [0.25, 0.3) is 0 Å². The molecule has 0 saturated heterocycles. The van der Waals surface area contributed by atoms with Crippen molar-refractivity contribution in [1.82, 2.24) is 16.0 Å². The van der Waals surface area contributed by atoms with Crippen molar-refractivity contribution in [3.05, 3.63) is 0 Å². The molecule has 3 aliphatic rings. The van der Waals surface area contributed by atoms with Crippen LogP contribution in [0.1, 0.15) is 85.0 Å². The number of esters is 1. The van der Waals surface area contributed by atoms with Gasteiger partial charge in [0, 0.05) is 12.0 Å². The largest absolute Gasteiger partial charge is 0.481 e. The number of carboxylic acids is 1. The van der Waals surface area contributed by atoms with E-state index in [0.717, 1.165) is 44.9 Å². The first kappa shape index (κ1) is 30.8. The van der Waals surface area contributed by atoms with Gasteiger partial charge in [0.15, 0.2) is 0 Å². The van der Waals surface area contributed by atoms with Crippen LogP contribution >= 0.6 is 23.2 Å². The van der Waals surface area contributed by atoms with Crippen LogP contribution in [0, 0.1) is 22.7 Å². The lowest BCUT2D eigenvalue weighted by atomic mass is 9.65. The molecule has 38 heavy (non-hydrogen) atoms. The van der Waals surface area contributed by atoms with Crippen molar-refractivity contribution in [2.75, 3.05) is 7.11 Å². The van der Waals surface area contributed by atoms with Gasteiger partial charge in [0.2, 0.25) is 5.91 Å². The van der Waals surface area contributed by atoms with Crippen LogP contribution in [0.2, 0.25) is 0 Å². The van der Waals surface area contributed by atoms with Crippen LogP contribution in [-0.4, -0.2) is 65.0 Å². The van der Waals surface area contributed by atoms with Crippen LogP contribution in [0.4, 0.5) is 4.79 Å². The molecule has 9 nitrogen and oxygen atoms in total. The van der Waals surface area contributed by atoms with Gasteiger partial charge in [0.1, 0.15) is 6.04 Å². The van der Waals surface area contributed by atoms with Gasteiger partial charge in [-0.05, 0) is 76.0 Å². The molecule has 0 aliphatic heterocycles. The van der Waals surface area contributed by atoms with Gasteiger partial charge in [-0.3, -0.25) is 9.59 Å². The van der Waals surface area contributed by atoms with Crippen LogP contribution in [0.5, 0.6) is 0 Å². The van der Waals surface area contributed by atoms with Gasteiger partial charge in [-0.1, -0.05) is 20.3 Å². The molecule has 0 heterocycles. The number of alkyl halides is 2. The van der Waals surface area contributed by atoms with Gasteiger partial charge in [0.05, 0.1) is 29.3 Å². The summed E-state index contributed by atoms with van der Waals surface area (Å²) in [5.41, 5.74) is -1.78. The molecule has 4 N–H and O–H groups in total. The van der Waals surface area contributed by atoms with Gasteiger partial charge in [0.25, 0.3) is 0 Å². The number of hydrogen-bond acceptors (Lipinski definition) is 5. The van der Waals surface area contributed by atoms with E-state index in [1.54, 1.807) is 6.92 Å². The fraction of sp³-hybridized carbons (Fsp3) is 0.852. The average molecular weight is 577 g/mol. The van der Waals surface area contributed by atoms with Crippen molar-refractivity contribution in [1.29, 1.82) is 0 Å². The summed E-state index contributed by atoms with van der Waals surface area (Å²) >= 11 is 12.7. The number of halogens is 2. The molecule has 11 heteroatoms. The normalized spacial score (nSPS) is 35.5. The summed E-state index contributed by atoms with van der Waals surface area (Å²) in [5.74, 6) is -2.06. The van der Waals surface area contributed by atoms with Crippen LogP contribution in [0.3, 0.4) is 0 Å². The summed E-state index contributed by atoms with van der Waals surface area (Å²) in [6.45, 7) is 5.31. The fourth-order valence-electron chi connectivity index (χ4n) is 6.50. The van der Waals surface area contributed by atoms with E-state index < -0.39 is 34.7 Å². The van der Waals surface area contributed by atoms with Crippen molar-refractivity contribution in [3.8, 4) is 0 Å². The van der Waals surface area contributed by atoms with Gasteiger partial charge >= 0.3 is 18.0 Å². The van der Waals surface area contributed by atoms with E-state index >= 15 is 0 Å². The number of aliphatic carboxylic acids is 1. The maximum absolute atomic E-state index is 13.2. The standard InChI is InChI=1S/C27H43Cl2N3O6/c1-26(2)17(12-13-27(26,3)24(35)36)22(33)31-20(23(34)38-4)14-15-8-10-16(11-9-15)30-25(37)32-21-18(28)6-5-7-19(21)29/h15-21H,5-14H2,1-4H3,(H,31,33)(H,35,36)(H2,30,32,37)/t15?,16?,17-,18?,19?,20+,21?,27+/m1/s1. The molecule has 3 amide bonds. The van der Waals surface area contributed by atoms with E-state index in [1.165, 1.54) is 7.11 Å². The molecule has 0 radical (unpaired) electrons. The molecule has 0 spiro atoms. The number of carboxylic acid groups (broad SMARTS) is 1. The number of urea groups is 1. The summed E-state index contributed by atoms with van der Waals surface area (Å²) in [5, 5.41) is 18.3. The van der Waals surface area contributed by atoms with E-state index in [1.807, 2.05) is 13.8 Å². The second-order valence-corrected chi connectivity index (χ2v) is 13.2. The molecular formula is C27H43Cl2N3O6. The highest BCUT2D eigenvalue weighted by Gasteiger charge is 2.58. The second kappa shape index (κ2) is 12.6. The molecule has 0 aromatic rings. The molecule has 3 rings (SSSR count). The number of carbonyl (C=O) groups is 4. The Hall–Kier alpha value is -1.74. The molecular weight excluding hydrogens is 533 g/mol. The predicted molar refractivity (Wildman–Crippen MR) is 145 cm³/mol. The zero-order valence-corrected chi connectivity index (χ0v) is 24.4. The minimum absolute atomic E-state index is 0.0107. The monoisotopic (exact) mass is 575 g/mol. The molecule has 5 atom stereocenters. The number of carbonyl (C=O) groups excluding carboxylic acids is 3. The van der Waals surface area contributed by atoms with Gasteiger partial charge in [-0.2, -0.15) is 0 Å². The number of rotatable bonds is 8. The lowest BCUT2D eigenvalue weighted by Crippen LogP contribution is -2.54. The maximum Gasteiger partial charge on any atom is 0.328 e. The summed E-state index contributed by atoms with van der Waals surface area (Å²) in [7, 11) is 1.30. The summed E-state index contributed by atoms with van der Waals surface area (Å²) in [6, 6.07) is -1.31. The quantitative estimate of drug-likeness (QED) is 0.253. The number of nitrogens with one attached hydrogen (secondary N) is 3. The molecule has 3 aliphatic carbocycles. The van der Waals surface area contributed by atoms with E-state index in [2.05, 4.69) is 16.0 Å². The summed E-state index contributed by atoms with van der Waals surface area (Å²) in [4.78, 5) is 50.3. The smallest absolute Gasteiger partial charge is 0.328 e. The SMILES string of the molecule is COC(=O)[C@H](CC1CCC(NC(=O)NC2C(Cl)CCCC2Cl)CC1)NC(=O)[C@H]1CC[C@@](C)(C(=O)O)C1(C)C. The van der Waals surface area contributed by atoms with Crippen molar-refractivity contribution < 1.29 is 29.0 Å². The molecule has 0 bridgehead atoms. The fourth-order valence-corrected chi connectivity index (χ4v) is 7.36. The number of ether oxygens (including phenoxy) is 1. The predicted octanol–water partition coefficient (Wildman–Crippen LogP) is 4.19. The molecule has 2 unspecified atom stereocenters. The highest BCUT2D eigenvalue weighted by atomic mass is 35.5. The van der Waals surface area contributed by atoms with E-state index in [0.29, 0.717) is 19.3 Å². The first-order valence-corrected chi connectivity index (χ1v) is 14.6. The Bertz CT molecular complexity index is 884. The summed E-state index contributed by atoms with van der Waals surface area (Å²) < 4.78 is 4.98. The van der Waals surface area contributed by atoms with Crippen molar-refractivity contribution in [3.63, 3.8) is 0 Å². The molecule has 3 saturated carbocycles. The molecule has 0 aromatic heterocycles. The Morgan fingerprint density at radius 2 is 1.55 bits per heavy atom. The Kier molecular flexibility index (Phi) is 10.2. The highest BCUT2D eigenvalue weighted by Crippen LogP contribution is 2.56. The zero-order chi connectivity index (χ0) is 28.3. The van der Waals surface area contributed by atoms with Gasteiger partial charge in [-0.25, -0.2) is 9.59 Å². The third-order valence-corrected chi connectivity index (χ3v) is 10.6. The Balaban J connectivity index is 1.51. The number of hydrogen-bond donors (Lipinski definition) is 4. The number of methoxy groups -OCH3 is 1. The van der Waals surface area contributed by atoms with E-state index in [4.69, 9.17) is 27.9 Å². The lowest BCUT2D eigenvalue weighted by Gasteiger charge is -2.38. The maximum atomic E-state index is 13.2. The van der Waals surface area contributed by atoms with Crippen LogP contribution < -0.4 is 16.0 Å². The Labute approximate surface area is 235 Å². The second-order valence-electron chi connectivity index (χ2n) is 12.1. The average Bonchev–Trinajstić information content (AvgIpc) is 3.11. The minimum Gasteiger partial charge on any atom is -0.481 e. The van der Waals surface area contributed by atoms with Gasteiger partial charge < -0.3 is 25.8 Å². The zero-order valence-electron chi connectivity index (χ0n) is 22.9. The lowest BCUT2D eigenvalue weighted by molar-refractivity contribution is -0.156. The topological polar surface area (TPSA) is 134 Å².